The van der Waals surface area contributed by atoms with Gasteiger partial charge in [-0.25, -0.2) is 4.98 Å². The zero-order valence-corrected chi connectivity index (χ0v) is 10.9. The number of aromatic hydroxyl groups is 1. The van der Waals surface area contributed by atoms with E-state index in [2.05, 4.69) is 10.3 Å². The number of phenols is 1. The summed E-state index contributed by atoms with van der Waals surface area (Å²) in [5, 5.41) is 22.7. The first-order chi connectivity index (χ1) is 10.0. The van der Waals surface area contributed by atoms with Crippen LogP contribution in [0.3, 0.4) is 0 Å². The number of aromatic nitrogens is 1. The maximum atomic E-state index is 12.1. The van der Waals surface area contributed by atoms with E-state index in [-0.39, 0.29) is 22.8 Å². The summed E-state index contributed by atoms with van der Waals surface area (Å²) in [6.07, 6.45) is 1.47. The van der Waals surface area contributed by atoms with E-state index in [9.17, 15) is 20.0 Å². The fourth-order valence-corrected chi connectivity index (χ4v) is 1.66. The number of phenolic OH excluding ortho intramolecular Hbond substituents is 1. The lowest BCUT2D eigenvalue weighted by molar-refractivity contribution is -0.384. The van der Waals surface area contributed by atoms with E-state index >= 15 is 0 Å². The van der Waals surface area contributed by atoms with Gasteiger partial charge < -0.3 is 15.2 Å². The molecule has 8 nitrogen and oxygen atoms in total. The molecule has 0 bridgehead atoms. The maximum Gasteiger partial charge on any atom is 0.273 e. The molecule has 0 fully saturated rings. The summed E-state index contributed by atoms with van der Waals surface area (Å²) < 4.78 is 4.96. The maximum absolute atomic E-state index is 12.1. The summed E-state index contributed by atoms with van der Waals surface area (Å²) in [6, 6.07) is 6.44. The molecule has 0 saturated heterocycles. The minimum Gasteiger partial charge on any atom is -0.506 e. The second-order valence-corrected chi connectivity index (χ2v) is 3.97. The molecule has 1 heterocycles. The van der Waals surface area contributed by atoms with Gasteiger partial charge in [-0.2, -0.15) is 0 Å². The molecule has 21 heavy (non-hydrogen) atoms. The lowest BCUT2D eigenvalue weighted by atomic mass is 10.2. The largest absolute Gasteiger partial charge is 0.506 e. The van der Waals surface area contributed by atoms with Crippen LogP contribution in [-0.2, 0) is 0 Å². The van der Waals surface area contributed by atoms with Crippen LogP contribution >= 0.6 is 0 Å². The second kappa shape index (κ2) is 5.87. The first kappa shape index (κ1) is 14.3. The number of ether oxygens (including phenoxy) is 1. The predicted molar refractivity (Wildman–Crippen MR) is 73.5 cm³/mol. The number of carbonyl (C=O) groups is 1. The van der Waals surface area contributed by atoms with Crippen molar-refractivity contribution in [2.24, 2.45) is 0 Å². The number of hydrogen-bond donors (Lipinski definition) is 2. The molecule has 0 unspecified atom stereocenters. The Labute approximate surface area is 119 Å². The van der Waals surface area contributed by atoms with Gasteiger partial charge in [0, 0.05) is 12.3 Å². The van der Waals surface area contributed by atoms with E-state index < -0.39 is 16.6 Å². The standard InChI is InChI=1S/C13H11N3O5/c1-21-13-9(3-2-6-14-13)12(18)15-10-5-4-8(16(19)20)7-11(10)17/h2-7,17H,1H3,(H,15,18). The Bertz CT molecular complexity index is 702. The van der Waals surface area contributed by atoms with Gasteiger partial charge >= 0.3 is 0 Å². The van der Waals surface area contributed by atoms with Gasteiger partial charge in [-0.05, 0) is 18.2 Å². The van der Waals surface area contributed by atoms with Crippen LogP contribution in [0.4, 0.5) is 11.4 Å². The van der Waals surface area contributed by atoms with Crippen molar-refractivity contribution < 1.29 is 19.6 Å². The predicted octanol–water partition coefficient (Wildman–Crippen LogP) is 1.96. The number of carbonyl (C=O) groups excluding carboxylic acids is 1. The van der Waals surface area contributed by atoms with Crippen LogP contribution in [0.25, 0.3) is 0 Å². The molecular weight excluding hydrogens is 278 g/mol. The summed E-state index contributed by atoms with van der Waals surface area (Å²) in [5.74, 6) is -0.819. The Morgan fingerprint density at radius 1 is 1.43 bits per heavy atom. The molecule has 0 aliphatic heterocycles. The van der Waals surface area contributed by atoms with E-state index in [1.54, 1.807) is 6.07 Å². The van der Waals surface area contributed by atoms with E-state index in [0.717, 1.165) is 6.07 Å². The Balaban J connectivity index is 2.26. The summed E-state index contributed by atoms with van der Waals surface area (Å²) in [5.41, 5.74) is -0.0429. The first-order valence-electron chi connectivity index (χ1n) is 5.80. The Morgan fingerprint density at radius 3 is 2.81 bits per heavy atom. The zero-order valence-electron chi connectivity index (χ0n) is 10.9. The molecule has 2 aromatic rings. The molecule has 0 aliphatic rings. The highest BCUT2D eigenvalue weighted by molar-refractivity contribution is 6.06. The van der Waals surface area contributed by atoms with Crippen LogP contribution in [0.1, 0.15) is 10.4 Å². The molecular formula is C13H11N3O5. The minimum atomic E-state index is -0.643. The van der Waals surface area contributed by atoms with Crippen molar-refractivity contribution in [2.75, 3.05) is 12.4 Å². The molecule has 0 aliphatic carbocycles. The van der Waals surface area contributed by atoms with Gasteiger partial charge in [0.1, 0.15) is 11.3 Å². The van der Waals surface area contributed by atoms with Crippen molar-refractivity contribution >= 4 is 17.3 Å². The van der Waals surface area contributed by atoms with E-state index in [1.807, 2.05) is 0 Å². The molecule has 2 N–H and O–H groups in total. The van der Waals surface area contributed by atoms with Gasteiger partial charge in [0.15, 0.2) is 0 Å². The van der Waals surface area contributed by atoms with Crippen LogP contribution in [0.5, 0.6) is 11.6 Å². The van der Waals surface area contributed by atoms with Gasteiger partial charge in [-0.1, -0.05) is 0 Å². The van der Waals surface area contributed by atoms with Crippen molar-refractivity contribution in [3.05, 3.63) is 52.2 Å². The fraction of sp³-hybridized carbons (Fsp3) is 0.0769. The number of hydrogen-bond acceptors (Lipinski definition) is 6. The van der Waals surface area contributed by atoms with Crippen molar-refractivity contribution in [3.8, 4) is 11.6 Å². The molecule has 8 heteroatoms. The van der Waals surface area contributed by atoms with Gasteiger partial charge in [0.05, 0.1) is 23.8 Å². The van der Waals surface area contributed by atoms with E-state index in [1.165, 1.54) is 31.5 Å². The summed E-state index contributed by atoms with van der Waals surface area (Å²) >= 11 is 0. The lowest BCUT2D eigenvalue weighted by Gasteiger charge is -2.09. The third kappa shape index (κ3) is 3.06. The first-order valence-corrected chi connectivity index (χ1v) is 5.80. The minimum absolute atomic E-state index is 0.0523. The molecule has 1 amide bonds. The van der Waals surface area contributed by atoms with Crippen molar-refractivity contribution in [1.82, 2.24) is 4.98 Å². The smallest absolute Gasteiger partial charge is 0.273 e. The number of nitrogens with zero attached hydrogens (tertiary/aromatic N) is 2. The molecule has 1 aromatic carbocycles. The normalized spacial score (nSPS) is 9.95. The SMILES string of the molecule is COc1ncccc1C(=O)Nc1ccc([N+](=O)[O-])cc1O. The summed E-state index contributed by atoms with van der Waals surface area (Å²) in [4.78, 5) is 25.9. The highest BCUT2D eigenvalue weighted by atomic mass is 16.6. The molecule has 0 radical (unpaired) electrons. The third-order valence-corrected chi connectivity index (χ3v) is 2.65. The number of pyridine rings is 1. The number of non-ortho nitro benzene ring substituents is 1. The van der Waals surface area contributed by atoms with Crippen molar-refractivity contribution in [2.45, 2.75) is 0 Å². The van der Waals surface area contributed by atoms with Crippen molar-refractivity contribution in [3.63, 3.8) is 0 Å². The van der Waals surface area contributed by atoms with Crippen LogP contribution in [0.2, 0.25) is 0 Å². The Hall–Kier alpha value is -3.16. The molecule has 2 rings (SSSR count). The van der Waals surface area contributed by atoms with E-state index in [4.69, 9.17) is 4.74 Å². The number of nitrogens with one attached hydrogen (secondary N) is 1. The molecule has 0 saturated carbocycles. The van der Waals surface area contributed by atoms with Gasteiger partial charge in [0.25, 0.3) is 11.6 Å². The van der Waals surface area contributed by atoms with Gasteiger partial charge in [0.2, 0.25) is 5.88 Å². The summed E-state index contributed by atoms with van der Waals surface area (Å²) in [6.45, 7) is 0. The zero-order chi connectivity index (χ0) is 15.4. The number of nitro groups is 1. The molecule has 0 spiro atoms. The number of nitro benzene ring substituents is 1. The monoisotopic (exact) mass is 289 g/mol. The van der Waals surface area contributed by atoms with Crippen LogP contribution in [-0.4, -0.2) is 28.0 Å². The quantitative estimate of drug-likeness (QED) is 0.505. The molecule has 0 atom stereocenters. The van der Waals surface area contributed by atoms with Crippen LogP contribution in [0.15, 0.2) is 36.5 Å². The topological polar surface area (TPSA) is 115 Å². The third-order valence-electron chi connectivity index (χ3n) is 2.65. The highest BCUT2D eigenvalue weighted by Crippen LogP contribution is 2.28. The van der Waals surface area contributed by atoms with E-state index in [0.29, 0.717) is 0 Å². The molecule has 1 aromatic heterocycles. The van der Waals surface area contributed by atoms with Gasteiger partial charge in [-0.3, -0.25) is 14.9 Å². The average Bonchev–Trinajstić information content (AvgIpc) is 2.48. The Morgan fingerprint density at radius 2 is 2.19 bits per heavy atom. The van der Waals surface area contributed by atoms with Crippen LogP contribution < -0.4 is 10.1 Å². The molecule has 108 valence electrons. The Kier molecular flexibility index (Phi) is 3.98. The summed E-state index contributed by atoms with van der Waals surface area (Å²) in [7, 11) is 1.38. The van der Waals surface area contributed by atoms with Crippen molar-refractivity contribution in [1.29, 1.82) is 0 Å². The average molecular weight is 289 g/mol. The highest BCUT2D eigenvalue weighted by Gasteiger charge is 2.16. The number of amides is 1. The number of methoxy groups -OCH3 is 1. The number of benzene rings is 1. The number of rotatable bonds is 4. The second-order valence-electron chi connectivity index (χ2n) is 3.97. The van der Waals surface area contributed by atoms with Crippen LogP contribution in [0, 0.1) is 10.1 Å². The number of anilines is 1. The fourth-order valence-electron chi connectivity index (χ4n) is 1.66. The van der Waals surface area contributed by atoms with Gasteiger partial charge in [-0.15, -0.1) is 0 Å². The lowest BCUT2D eigenvalue weighted by Crippen LogP contribution is -2.13.